The molecule has 10 heteroatoms. The van der Waals surface area contributed by atoms with Crippen molar-refractivity contribution < 1.29 is 8.60 Å². The second-order valence-electron chi connectivity index (χ2n) is 5.94. The highest BCUT2D eigenvalue weighted by atomic mass is 35.5. The molecule has 0 aliphatic carbocycles. The van der Waals surface area contributed by atoms with Gasteiger partial charge in [-0.3, -0.25) is 4.21 Å². The van der Waals surface area contributed by atoms with Crippen molar-refractivity contribution in [2.75, 3.05) is 29.5 Å². The first-order valence-corrected chi connectivity index (χ1v) is 11.1. The number of anilines is 1. The fourth-order valence-electron chi connectivity index (χ4n) is 2.79. The Kier molecular flexibility index (Phi) is 5.51. The Balaban J connectivity index is 1.66. The summed E-state index contributed by atoms with van der Waals surface area (Å²) in [6, 6.07) is 6.36. The van der Waals surface area contributed by atoms with Gasteiger partial charge in [0.2, 0.25) is 5.28 Å². The van der Waals surface area contributed by atoms with Gasteiger partial charge in [-0.2, -0.15) is 4.98 Å². The monoisotopic (exact) mass is 423 g/mol. The van der Waals surface area contributed by atoms with Crippen LogP contribution in [0.4, 0.5) is 10.2 Å². The second-order valence-corrected chi connectivity index (χ2v) is 8.94. The van der Waals surface area contributed by atoms with E-state index in [1.165, 1.54) is 30.2 Å². The summed E-state index contributed by atoms with van der Waals surface area (Å²) >= 11 is 7.65. The normalized spacial score (nSPS) is 15.4. The molecule has 4 rings (SSSR count). The van der Waals surface area contributed by atoms with Gasteiger partial charge in [0.1, 0.15) is 28.2 Å². The van der Waals surface area contributed by atoms with Crippen LogP contribution in [0.1, 0.15) is 5.56 Å². The van der Waals surface area contributed by atoms with E-state index in [-0.39, 0.29) is 11.1 Å². The molecule has 0 N–H and O–H groups in total. The smallest absolute Gasteiger partial charge is 0.225 e. The Morgan fingerprint density at radius 2 is 1.85 bits per heavy atom. The number of nitrogens with zero attached hydrogens (tertiary/aromatic N) is 5. The van der Waals surface area contributed by atoms with E-state index in [1.54, 1.807) is 12.1 Å². The lowest BCUT2D eigenvalue weighted by atomic mass is 10.2. The molecule has 3 heterocycles. The van der Waals surface area contributed by atoms with Crippen LogP contribution in [-0.2, 0) is 16.6 Å². The molecular weight excluding hydrogens is 409 g/mol. The van der Waals surface area contributed by atoms with E-state index in [1.807, 2.05) is 4.90 Å². The molecule has 0 atom stereocenters. The first-order valence-electron chi connectivity index (χ1n) is 8.25. The van der Waals surface area contributed by atoms with Gasteiger partial charge in [0.15, 0.2) is 5.82 Å². The van der Waals surface area contributed by atoms with Crippen LogP contribution in [0.2, 0.25) is 5.28 Å². The van der Waals surface area contributed by atoms with E-state index in [0.29, 0.717) is 52.2 Å². The highest BCUT2D eigenvalue weighted by Gasteiger charge is 2.22. The molecule has 0 amide bonds. The van der Waals surface area contributed by atoms with Gasteiger partial charge >= 0.3 is 0 Å². The summed E-state index contributed by atoms with van der Waals surface area (Å²) in [5, 5.41) is 0.818. The quantitative estimate of drug-likeness (QED) is 0.362. The van der Waals surface area contributed by atoms with Crippen molar-refractivity contribution in [3.05, 3.63) is 47.3 Å². The zero-order chi connectivity index (χ0) is 18.8. The summed E-state index contributed by atoms with van der Waals surface area (Å²) in [7, 11) is -0.786. The molecule has 0 bridgehead atoms. The maximum Gasteiger partial charge on any atom is 0.225 e. The Labute approximate surface area is 167 Å². The highest BCUT2D eigenvalue weighted by Crippen LogP contribution is 2.31. The maximum absolute atomic E-state index is 13.1. The zero-order valence-electron chi connectivity index (χ0n) is 14.1. The number of hydrogen-bond donors (Lipinski definition) is 0. The SMILES string of the molecule is O=S1CCN(c2nc(Cl)nc3c(SCc4ccc(F)cc4)ncnc23)CC1. The summed E-state index contributed by atoms with van der Waals surface area (Å²) < 4.78 is 24.7. The summed E-state index contributed by atoms with van der Waals surface area (Å²) in [5.74, 6) is 2.20. The molecule has 1 saturated heterocycles. The van der Waals surface area contributed by atoms with E-state index in [0.717, 1.165) is 5.56 Å². The van der Waals surface area contributed by atoms with Crippen LogP contribution in [0, 0.1) is 5.82 Å². The van der Waals surface area contributed by atoms with E-state index < -0.39 is 10.8 Å². The lowest BCUT2D eigenvalue weighted by Gasteiger charge is -2.27. The van der Waals surface area contributed by atoms with Crippen molar-refractivity contribution in [3.8, 4) is 0 Å². The first kappa shape index (κ1) is 18.5. The molecule has 1 aliphatic heterocycles. The van der Waals surface area contributed by atoms with Gasteiger partial charge in [-0.05, 0) is 29.3 Å². The Morgan fingerprint density at radius 3 is 2.59 bits per heavy atom. The van der Waals surface area contributed by atoms with Crippen LogP contribution < -0.4 is 4.90 Å². The van der Waals surface area contributed by atoms with Crippen LogP contribution in [0.5, 0.6) is 0 Å². The van der Waals surface area contributed by atoms with Crippen molar-refractivity contribution in [1.82, 2.24) is 19.9 Å². The summed E-state index contributed by atoms with van der Waals surface area (Å²) in [6.07, 6.45) is 1.48. The third-order valence-electron chi connectivity index (χ3n) is 4.17. The van der Waals surface area contributed by atoms with Crippen LogP contribution in [-0.4, -0.2) is 48.7 Å². The molecule has 1 aromatic carbocycles. The number of thioether (sulfide) groups is 1. The van der Waals surface area contributed by atoms with E-state index in [9.17, 15) is 8.60 Å². The molecule has 2 aromatic heterocycles. The lowest BCUT2D eigenvalue weighted by Crippen LogP contribution is -2.38. The minimum atomic E-state index is -0.786. The Bertz CT molecular complexity index is 995. The molecule has 27 heavy (non-hydrogen) atoms. The third-order valence-corrected chi connectivity index (χ3v) is 6.66. The predicted molar refractivity (Wildman–Crippen MR) is 106 cm³/mol. The van der Waals surface area contributed by atoms with Gasteiger partial charge < -0.3 is 4.90 Å². The molecule has 0 spiro atoms. The maximum atomic E-state index is 13.1. The molecule has 140 valence electrons. The van der Waals surface area contributed by atoms with Gasteiger partial charge in [-0.25, -0.2) is 19.3 Å². The van der Waals surface area contributed by atoms with Crippen LogP contribution >= 0.6 is 23.4 Å². The highest BCUT2D eigenvalue weighted by molar-refractivity contribution is 7.98. The van der Waals surface area contributed by atoms with E-state index in [2.05, 4.69) is 19.9 Å². The molecule has 0 saturated carbocycles. The van der Waals surface area contributed by atoms with Crippen molar-refractivity contribution in [2.45, 2.75) is 10.8 Å². The fourth-order valence-corrected chi connectivity index (χ4v) is 4.91. The number of fused-ring (bicyclic) bond motifs is 1. The Hall–Kier alpha value is -1.84. The average Bonchev–Trinajstić information content (AvgIpc) is 2.68. The van der Waals surface area contributed by atoms with Crippen LogP contribution in [0.3, 0.4) is 0 Å². The van der Waals surface area contributed by atoms with Gasteiger partial charge in [0.25, 0.3) is 0 Å². The molecule has 1 fully saturated rings. The van der Waals surface area contributed by atoms with Crippen molar-refractivity contribution in [1.29, 1.82) is 0 Å². The summed E-state index contributed by atoms with van der Waals surface area (Å²) in [6.45, 7) is 1.27. The minimum absolute atomic E-state index is 0.127. The standard InChI is InChI=1S/C17H15ClFN5OS2/c18-17-22-14-13(15(23-17)24-5-7-27(25)8-6-24)20-10-21-16(14)26-9-11-1-3-12(19)4-2-11/h1-4,10H,5-9H2. The van der Waals surface area contributed by atoms with Gasteiger partial charge in [0, 0.05) is 41.1 Å². The lowest BCUT2D eigenvalue weighted by molar-refractivity contribution is 0.627. The number of benzene rings is 1. The average molecular weight is 424 g/mol. The largest absolute Gasteiger partial charge is 0.353 e. The van der Waals surface area contributed by atoms with Gasteiger partial charge in [0.05, 0.1) is 0 Å². The summed E-state index contributed by atoms with van der Waals surface area (Å²) in [4.78, 5) is 19.4. The minimum Gasteiger partial charge on any atom is -0.353 e. The molecule has 0 radical (unpaired) electrons. The number of rotatable bonds is 4. The van der Waals surface area contributed by atoms with Crippen LogP contribution in [0.15, 0.2) is 35.6 Å². The van der Waals surface area contributed by atoms with Crippen molar-refractivity contribution in [3.63, 3.8) is 0 Å². The van der Waals surface area contributed by atoms with E-state index in [4.69, 9.17) is 11.6 Å². The van der Waals surface area contributed by atoms with Crippen molar-refractivity contribution in [2.24, 2.45) is 0 Å². The predicted octanol–water partition coefficient (Wildman–Crippen LogP) is 3.07. The Morgan fingerprint density at radius 1 is 1.11 bits per heavy atom. The number of halogens is 2. The molecular formula is C17H15ClFN5OS2. The van der Waals surface area contributed by atoms with Gasteiger partial charge in [-0.15, -0.1) is 0 Å². The molecule has 3 aromatic rings. The topological polar surface area (TPSA) is 71.9 Å². The summed E-state index contributed by atoms with van der Waals surface area (Å²) in [5.41, 5.74) is 2.20. The third kappa shape index (κ3) is 4.20. The van der Waals surface area contributed by atoms with Gasteiger partial charge in [-0.1, -0.05) is 23.9 Å². The number of aromatic nitrogens is 4. The second kappa shape index (κ2) is 8.04. The first-order chi connectivity index (χ1) is 13.1. The molecule has 0 unspecified atom stereocenters. The van der Waals surface area contributed by atoms with E-state index >= 15 is 0 Å². The van der Waals surface area contributed by atoms with Crippen molar-refractivity contribution >= 4 is 51.0 Å². The molecule has 1 aliphatic rings. The van der Waals surface area contributed by atoms with Crippen LogP contribution in [0.25, 0.3) is 11.0 Å². The zero-order valence-corrected chi connectivity index (χ0v) is 16.5. The fraction of sp³-hybridized carbons (Fsp3) is 0.294. The number of hydrogen-bond acceptors (Lipinski definition) is 7. The molecule has 6 nitrogen and oxygen atoms in total.